The molecule has 2 aromatic carbocycles. The Hall–Kier alpha value is -3.19. The number of carbonyl (C=O) groups excluding carboxylic acids is 2. The normalized spacial score (nSPS) is 12.5. The number of nitrogens with one attached hydrogen (secondary N) is 2. The molecule has 1 atom stereocenters. The number of amides is 1. The molecule has 29 heavy (non-hydrogen) atoms. The Balaban J connectivity index is 1.77. The summed E-state index contributed by atoms with van der Waals surface area (Å²) in [7, 11) is 0. The number of esters is 1. The van der Waals surface area contributed by atoms with Crippen molar-refractivity contribution in [2.75, 3.05) is 11.9 Å². The average Bonchev–Trinajstić information content (AvgIpc) is 3.09. The zero-order chi connectivity index (χ0) is 20.9. The van der Waals surface area contributed by atoms with Crippen LogP contribution in [0.1, 0.15) is 26.3 Å². The second-order valence-corrected chi connectivity index (χ2v) is 7.54. The van der Waals surface area contributed by atoms with Crippen molar-refractivity contribution in [1.82, 2.24) is 9.97 Å². The van der Waals surface area contributed by atoms with Gasteiger partial charge in [0.2, 0.25) is 5.95 Å². The topological polar surface area (TPSA) is 93.3 Å². The minimum atomic E-state index is -0.865. The molecule has 7 nitrogen and oxygen atoms in total. The van der Waals surface area contributed by atoms with Gasteiger partial charge in [-0.05, 0) is 17.7 Å². The number of carbonyl (C=O) groups is 2. The molecule has 0 saturated carbocycles. The minimum absolute atomic E-state index is 0.0509. The van der Waals surface area contributed by atoms with E-state index in [0.29, 0.717) is 5.95 Å². The van der Waals surface area contributed by atoms with E-state index in [1.807, 2.05) is 68.4 Å². The number of ether oxygens (including phenoxy) is 2. The SMILES string of the molecule is CC(=O)OCC(C)(C)C(OCc1ccccc1)C(=O)Nc1nc2ccccc2[nH]1. The summed E-state index contributed by atoms with van der Waals surface area (Å²) >= 11 is 0. The van der Waals surface area contributed by atoms with Gasteiger partial charge in [-0.15, -0.1) is 0 Å². The van der Waals surface area contributed by atoms with Crippen LogP contribution < -0.4 is 5.32 Å². The first kappa shape index (κ1) is 20.5. The van der Waals surface area contributed by atoms with Crippen LogP contribution in [0.4, 0.5) is 5.95 Å². The van der Waals surface area contributed by atoms with E-state index in [9.17, 15) is 9.59 Å². The number of fused-ring (bicyclic) bond motifs is 1. The van der Waals surface area contributed by atoms with E-state index in [0.717, 1.165) is 16.6 Å². The molecule has 2 N–H and O–H groups in total. The van der Waals surface area contributed by atoms with Crippen molar-refractivity contribution < 1.29 is 19.1 Å². The molecule has 0 radical (unpaired) electrons. The van der Waals surface area contributed by atoms with Gasteiger partial charge in [0, 0.05) is 12.3 Å². The van der Waals surface area contributed by atoms with Gasteiger partial charge in [-0.2, -0.15) is 0 Å². The fourth-order valence-electron chi connectivity index (χ4n) is 2.97. The van der Waals surface area contributed by atoms with Crippen LogP contribution in [0, 0.1) is 5.41 Å². The van der Waals surface area contributed by atoms with Crippen LogP contribution >= 0.6 is 0 Å². The van der Waals surface area contributed by atoms with Crippen LogP contribution in [0.2, 0.25) is 0 Å². The molecule has 7 heteroatoms. The summed E-state index contributed by atoms with van der Waals surface area (Å²) < 4.78 is 11.2. The number of H-pyrrole nitrogens is 1. The van der Waals surface area contributed by atoms with Crippen molar-refractivity contribution in [2.24, 2.45) is 5.41 Å². The highest BCUT2D eigenvalue weighted by Gasteiger charge is 2.38. The van der Waals surface area contributed by atoms with Crippen LogP contribution in [0.25, 0.3) is 11.0 Å². The van der Waals surface area contributed by atoms with Crippen molar-refractivity contribution in [1.29, 1.82) is 0 Å². The van der Waals surface area contributed by atoms with Gasteiger partial charge in [-0.1, -0.05) is 56.3 Å². The summed E-state index contributed by atoms with van der Waals surface area (Å²) in [5, 5.41) is 2.79. The summed E-state index contributed by atoms with van der Waals surface area (Å²) in [6, 6.07) is 17.1. The van der Waals surface area contributed by atoms with E-state index in [4.69, 9.17) is 9.47 Å². The summed E-state index contributed by atoms with van der Waals surface area (Å²) in [4.78, 5) is 31.8. The lowest BCUT2D eigenvalue weighted by molar-refractivity contribution is -0.154. The number of rotatable bonds is 8. The molecule has 3 rings (SSSR count). The lowest BCUT2D eigenvalue weighted by atomic mass is 9.86. The smallest absolute Gasteiger partial charge is 0.302 e. The molecule has 3 aromatic rings. The van der Waals surface area contributed by atoms with Gasteiger partial charge in [-0.3, -0.25) is 14.9 Å². The molecule has 152 valence electrons. The van der Waals surface area contributed by atoms with Crippen molar-refractivity contribution in [2.45, 2.75) is 33.5 Å². The van der Waals surface area contributed by atoms with Gasteiger partial charge in [0.1, 0.15) is 6.10 Å². The molecule has 0 saturated heterocycles. The number of hydrogen-bond acceptors (Lipinski definition) is 5. The van der Waals surface area contributed by atoms with Crippen LogP contribution in [-0.4, -0.2) is 34.6 Å². The monoisotopic (exact) mass is 395 g/mol. The highest BCUT2D eigenvalue weighted by atomic mass is 16.5. The zero-order valence-corrected chi connectivity index (χ0v) is 16.8. The summed E-state index contributed by atoms with van der Waals surface area (Å²) in [5.74, 6) is -0.428. The van der Waals surface area contributed by atoms with Crippen molar-refractivity contribution in [3.05, 3.63) is 60.2 Å². The molecule has 1 unspecified atom stereocenters. The Morgan fingerprint density at radius 1 is 1.10 bits per heavy atom. The Morgan fingerprint density at radius 3 is 2.48 bits per heavy atom. The number of anilines is 1. The number of aromatic amines is 1. The van der Waals surface area contributed by atoms with E-state index in [1.165, 1.54) is 6.92 Å². The highest BCUT2D eigenvalue weighted by molar-refractivity contribution is 5.94. The predicted octanol–water partition coefficient (Wildman–Crippen LogP) is 3.68. The maximum Gasteiger partial charge on any atom is 0.302 e. The van der Waals surface area contributed by atoms with Gasteiger partial charge in [0.25, 0.3) is 5.91 Å². The summed E-state index contributed by atoms with van der Waals surface area (Å²) in [6.07, 6.45) is -0.865. The molecule has 0 spiro atoms. The Morgan fingerprint density at radius 2 is 1.79 bits per heavy atom. The molecule has 0 aliphatic rings. The lowest BCUT2D eigenvalue weighted by Gasteiger charge is -2.32. The standard InChI is InChI=1S/C22H25N3O4/c1-15(26)29-14-22(2,3)19(28-13-16-9-5-4-6-10-16)20(27)25-21-23-17-11-7-8-12-18(17)24-21/h4-12,19H,13-14H2,1-3H3,(H2,23,24,25,27). The molecular formula is C22H25N3O4. The Bertz CT molecular complexity index is 949. The number of para-hydroxylation sites is 2. The zero-order valence-electron chi connectivity index (χ0n) is 16.8. The third-order valence-corrected chi connectivity index (χ3v) is 4.49. The fraction of sp³-hybridized carbons (Fsp3) is 0.318. The van der Waals surface area contributed by atoms with Gasteiger partial charge in [-0.25, -0.2) is 4.98 Å². The van der Waals surface area contributed by atoms with Crippen LogP contribution in [0.15, 0.2) is 54.6 Å². The molecular weight excluding hydrogens is 370 g/mol. The van der Waals surface area contributed by atoms with Crippen molar-refractivity contribution in [3.63, 3.8) is 0 Å². The van der Waals surface area contributed by atoms with E-state index in [-0.39, 0.29) is 19.1 Å². The molecule has 1 heterocycles. The summed E-state index contributed by atoms with van der Waals surface area (Å²) in [5.41, 5.74) is 1.76. The average molecular weight is 395 g/mol. The second kappa shape index (κ2) is 8.87. The minimum Gasteiger partial charge on any atom is -0.465 e. The molecule has 0 aliphatic heterocycles. The summed E-state index contributed by atoms with van der Waals surface area (Å²) in [6.45, 7) is 5.29. The van der Waals surface area contributed by atoms with Crippen molar-refractivity contribution >= 4 is 28.9 Å². The molecule has 1 aromatic heterocycles. The highest BCUT2D eigenvalue weighted by Crippen LogP contribution is 2.27. The number of nitrogens with zero attached hydrogens (tertiary/aromatic N) is 1. The van der Waals surface area contributed by atoms with Gasteiger partial charge >= 0.3 is 5.97 Å². The first-order chi connectivity index (χ1) is 13.8. The number of hydrogen-bond donors (Lipinski definition) is 2. The molecule has 0 aliphatic carbocycles. The molecule has 1 amide bonds. The predicted molar refractivity (Wildman–Crippen MR) is 110 cm³/mol. The Labute approximate surface area is 169 Å². The van der Waals surface area contributed by atoms with E-state index >= 15 is 0 Å². The lowest BCUT2D eigenvalue weighted by Crippen LogP contribution is -2.45. The van der Waals surface area contributed by atoms with Gasteiger partial charge in [0.05, 0.1) is 24.2 Å². The fourth-order valence-corrected chi connectivity index (χ4v) is 2.97. The van der Waals surface area contributed by atoms with E-state index < -0.39 is 17.5 Å². The largest absolute Gasteiger partial charge is 0.465 e. The van der Waals surface area contributed by atoms with E-state index in [2.05, 4.69) is 15.3 Å². The van der Waals surface area contributed by atoms with E-state index in [1.54, 1.807) is 0 Å². The molecule has 0 bridgehead atoms. The number of imidazole rings is 1. The van der Waals surface area contributed by atoms with Gasteiger partial charge in [0.15, 0.2) is 0 Å². The first-order valence-electron chi connectivity index (χ1n) is 9.40. The maximum atomic E-state index is 13.1. The van der Waals surface area contributed by atoms with Crippen molar-refractivity contribution in [3.8, 4) is 0 Å². The quantitative estimate of drug-likeness (QED) is 0.568. The number of benzene rings is 2. The van der Waals surface area contributed by atoms with Crippen LogP contribution in [-0.2, 0) is 25.7 Å². The van der Waals surface area contributed by atoms with Gasteiger partial charge < -0.3 is 14.5 Å². The first-order valence-corrected chi connectivity index (χ1v) is 9.40. The third kappa shape index (κ3) is 5.42. The Kier molecular flexibility index (Phi) is 6.29. The van der Waals surface area contributed by atoms with Crippen LogP contribution in [0.3, 0.4) is 0 Å². The third-order valence-electron chi connectivity index (χ3n) is 4.49. The second-order valence-electron chi connectivity index (χ2n) is 7.54. The number of aromatic nitrogens is 2. The molecule has 0 fully saturated rings. The maximum absolute atomic E-state index is 13.1. The van der Waals surface area contributed by atoms with Crippen LogP contribution in [0.5, 0.6) is 0 Å².